The van der Waals surface area contributed by atoms with Crippen LogP contribution in [-0.4, -0.2) is 17.6 Å². The molecule has 0 unspecified atom stereocenters. The van der Waals surface area contributed by atoms with Gasteiger partial charge in [0.2, 0.25) is 0 Å². The molecule has 4 nitrogen and oxygen atoms in total. The van der Waals surface area contributed by atoms with Crippen LogP contribution < -0.4 is 5.32 Å². The predicted molar refractivity (Wildman–Crippen MR) is 82.3 cm³/mol. The lowest BCUT2D eigenvalue weighted by molar-refractivity contribution is 0.0945. The molecule has 22 heavy (non-hydrogen) atoms. The minimum atomic E-state index is -0.303. The van der Waals surface area contributed by atoms with Crippen molar-refractivity contribution in [3.8, 4) is 10.6 Å². The predicted octanol–water partition coefficient (Wildman–Crippen LogP) is 3.51. The van der Waals surface area contributed by atoms with Gasteiger partial charge >= 0.3 is 0 Å². The first-order chi connectivity index (χ1) is 10.7. The van der Waals surface area contributed by atoms with E-state index in [4.69, 9.17) is 4.52 Å². The van der Waals surface area contributed by atoms with Crippen molar-refractivity contribution < 1.29 is 13.7 Å². The maximum atomic E-state index is 13.0. The second kappa shape index (κ2) is 6.53. The summed E-state index contributed by atoms with van der Waals surface area (Å²) in [6.45, 7) is 0.406. The van der Waals surface area contributed by atoms with Crippen LogP contribution in [0.5, 0.6) is 0 Å². The summed E-state index contributed by atoms with van der Waals surface area (Å²) >= 11 is 1.52. The van der Waals surface area contributed by atoms with E-state index in [1.807, 2.05) is 23.6 Å². The van der Waals surface area contributed by atoms with E-state index in [0.717, 1.165) is 10.4 Å². The lowest BCUT2D eigenvalue weighted by Gasteiger charge is -2.03. The molecule has 0 aliphatic carbocycles. The van der Waals surface area contributed by atoms with Gasteiger partial charge in [-0.25, -0.2) is 4.39 Å². The van der Waals surface area contributed by atoms with E-state index in [1.165, 1.54) is 23.5 Å². The Morgan fingerprint density at radius 2 is 2.18 bits per heavy atom. The highest BCUT2D eigenvalue weighted by atomic mass is 32.1. The highest BCUT2D eigenvalue weighted by Crippen LogP contribution is 2.24. The monoisotopic (exact) mass is 316 g/mol. The number of carbonyl (C=O) groups is 1. The Hall–Kier alpha value is -2.47. The van der Waals surface area contributed by atoms with Gasteiger partial charge in [-0.1, -0.05) is 23.4 Å². The molecule has 1 amide bonds. The van der Waals surface area contributed by atoms with Crippen molar-refractivity contribution in [2.75, 3.05) is 6.54 Å². The SMILES string of the molecule is O=C(NCCc1cccc(F)c1)c1cc(-c2cccs2)on1. The molecule has 1 aromatic carbocycles. The molecular weight excluding hydrogens is 303 g/mol. The Kier molecular flexibility index (Phi) is 4.29. The molecule has 0 spiro atoms. The first-order valence-electron chi connectivity index (χ1n) is 6.75. The Morgan fingerprint density at radius 1 is 1.27 bits per heavy atom. The number of hydrogen-bond donors (Lipinski definition) is 1. The molecule has 112 valence electrons. The molecule has 0 aliphatic heterocycles. The highest BCUT2D eigenvalue weighted by molar-refractivity contribution is 7.13. The van der Waals surface area contributed by atoms with Crippen LogP contribution in [0.3, 0.4) is 0 Å². The van der Waals surface area contributed by atoms with Gasteiger partial charge < -0.3 is 9.84 Å². The van der Waals surface area contributed by atoms with Gasteiger partial charge in [0.05, 0.1) is 4.88 Å². The van der Waals surface area contributed by atoms with Gasteiger partial charge in [0.15, 0.2) is 11.5 Å². The molecular formula is C16H13FN2O2S. The van der Waals surface area contributed by atoms with Crippen LogP contribution in [-0.2, 0) is 6.42 Å². The van der Waals surface area contributed by atoms with Crippen molar-refractivity contribution in [1.82, 2.24) is 10.5 Å². The number of halogens is 1. The first-order valence-corrected chi connectivity index (χ1v) is 7.63. The third-order valence-corrected chi connectivity index (χ3v) is 3.98. The number of amides is 1. The molecule has 0 saturated heterocycles. The van der Waals surface area contributed by atoms with E-state index >= 15 is 0 Å². The Morgan fingerprint density at radius 3 is 2.95 bits per heavy atom. The summed E-state index contributed by atoms with van der Waals surface area (Å²) in [4.78, 5) is 12.9. The number of nitrogens with zero attached hydrogens (tertiary/aromatic N) is 1. The van der Waals surface area contributed by atoms with Gasteiger partial charge in [-0.3, -0.25) is 4.79 Å². The maximum Gasteiger partial charge on any atom is 0.273 e. The molecule has 0 fully saturated rings. The maximum absolute atomic E-state index is 13.0. The molecule has 1 N–H and O–H groups in total. The minimum absolute atomic E-state index is 0.239. The number of thiophene rings is 1. The van der Waals surface area contributed by atoms with Gasteiger partial charge in [-0.15, -0.1) is 11.3 Å². The fourth-order valence-corrected chi connectivity index (χ4v) is 2.69. The van der Waals surface area contributed by atoms with Crippen molar-refractivity contribution in [2.45, 2.75) is 6.42 Å². The summed E-state index contributed by atoms with van der Waals surface area (Å²) < 4.78 is 18.2. The molecule has 0 bridgehead atoms. The molecule has 3 rings (SSSR count). The van der Waals surface area contributed by atoms with Crippen molar-refractivity contribution in [1.29, 1.82) is 0 Å². The van der Waals surface area contributed by atoms with E-state index in [9.17, 15) is 9.18 Å². The largest absolute Gasteiger partial charge is 0.355 e. The fraction of sp³-hybridized carbons (Fsp3) is 0.125. The molecule has 0 saturated carbocycles. The van der Waals surface area contributed by atoms with Gasteiger partial charge in [-0.2, -0.15) is 0 Å². The van der Waals surface area contributed by atoms with Crippen LogP contribution in [0.15, 0.2) is 52.4 Å². The van der Waals surface area contributed by atoms with Crippen LogP contribution >= 0.6 is 11.3 Å². The summed E-state index contributed by atoms with van der Waals surface area (Å²) in [6, 6.07) is 11.7. The lowest BCUT2D eigenvalue weighted by Crippen LogP contribution is -2.25. The summed E-state index contributed by atoms with van der Waals surface area (Å²) in [6.07, 6.45) is 0.555. The van der Waals surface area contributed by atoms with E-state index in [1.54, 1.807) is 12.1 Å². The molecule has 2 aromatic heterocycles. The lowest BCUT2D eigenvalue weighted by atomic mass is 10.1. The van der Waals surface area contributed by atoms with Crippen LogP contribution in [0, 0.1) is 5.82 Å². The summed E-state index contributed by atoms with van der Waals surface area (Å²) in [7, 11) is 0. The quantitative estimate of drug-likeness (QED) is 0.783. The zero-order chi connectivity index (χ0) is 15.4. The standard InChI is InChI=1S/C16H13FN2O2S/c17-12-4-1-3-11(9-12)6-7-18-16(20)13-10-14(21-19-13)15-5-2-8-22-15/h1-5,8-10H,6-7H2,(H,18,20). The third kappa shape index (κ3) is 3.40. The Balaban J connectivity index is 1.56. The van der Waals surface area contributed by atoms with Crippen LogP contribution in [0.1, 0.15) is 16.1 Å². The van der Waals surface area contributed by atoms with E-state index in [-0.39, 0.29) is 17.4 Å². The Labute approximate surface area is 130 Å². The summed E-state index contributed by atoms with van der Waals surface area (Å²) in [5.41, 5.74) is 1.07. The smallest absolute Gasteiger partial charge is 0.273 e. The molecule has 2 heterocycles. The van der Waals surface area contributed by atoms with E-state index in [0.29, 0.717) is 18.7 Å². The van der Waals surface area contributed by atoms with Crippen molar-refractivity contribution in [2.24, 2.45) is 0 Å². The van der Waals surface area contributed by atoms with Crippen molar-refractivity contribution >= 4 is 17.2 Å². The highest BCUT2D eigenvalue weighted by Gasteiger charge is 2.13. The van der Waals surface area contributed by atoms with Crippen LogP contribution in [0.2, 0.25) is 0 Å². The normalized spacial score (nSPS) is 10.6. The second-order valence-corrected chi connectivity index (χ2v) is 5.64. The zero-order valence-electron chi connectivity index (χ0n) is 11.6. The topological polar surface area (TPSA) is 55.1 Å². The van der Waals surface area contributed by atoms with E-state index in [2.05, 4.69) is 10.5 Å². The average molecular weight is 316 g/mol. The molecule has 0 atom stereocenters. The molecule has 6 heteroatoms. The third-order valence-electron chi connectivity index (χ3n) is 3.10. The van der Waals surface area contributed by atoms with Crippen molar-refractivity contribution in [3.05, 3.63) is 64.9 Å². The van der Waals surface area contributed by atoms with Crippen LogP contribution in [0.25, 0.3) is 10.6 Å². The first kappa shape index (κ1) is 14.5. The summed E-state index contributed by atoms with van der Waals surface area (Å²) in [5, 5.41) is 8.44. The van der Waals surface area contributed by atoms with Gasteiger partial charge in [0, 0.05) is 12.6 Å². The van der Waals surface area contributed by atoms with Gasteiger partial charge in [0.25, 0.3) is 5.91 Å². The molecule has 3 aromatic rings. The zero-order valence-corrected chi connectivity index (χ0v) is 12.4. The minimum Gasteiger partial charge on any atom is -0.355 e. The number of benzene rings is 1. The molecule has 0 radical (unpaired) electrons. The number of aromatic nitrogens is 1. The van der Waals surface area contributed by atoms with Crippen LogP contribution in [0.4, 0.5) is 4.39 Å². The fourth-order valence-electron chi connectivity index (χ4n) is 2.02. The van der Waals surface area contributed by atoms with Gasteiger partial charge in [0.1, 0.15) is 5.82 Å². The van der Waals surface area contributed by atoms with E-state index < -0.39 is 0 Å². The number of carbonyl (C=O) groups excluding carboxylic acids is 1. The summed E-state index contributed by atoms with van der Waals surface area (Å²) in [5.74, 6) is -0.00541. The Bertz CT molecular complexity index is 768. The number of nitrogens with one attached hydrogen (secondary N) is 1. The number of hydrogen-bond acceptors (Lipinski definition) is 4. The van der Waals surface area contributed by atoms with Crippen molar-refractivity contribution in [3.63, 3.8) is 0 Å². The second-order valence-electron chi connectivity index (χ2n) is 4.69. The van der Waals surface area contributed by atoms with Gasteiger partial charge in [-0.05, 0) is 35.6 Å². The molecule has 0 aliphatic rings. The average Bonchev–Trinajstić information content (AvgIpc) is 3.18. The number of rotatable bonds is 5.